The van der Waals surface area contributed by atoms with Crippen molar-refractivity contribution in [1.29, 1.82) is 0 Å². The van der Waals surface area contributed by atoms with Crippen molar-refractivity contribution in [2.75, 3.05) is 0 Å². The fourth-order valence-corrected chi connectivity index (χ4v) is 2.97. The Morgan fingerprint density at radius 3 is 1.08 bits per heavy atom. The third kappa shape index (κ3) is 5.19. The smallest absolute Gasteiger partial charge is 0.0805 e. The average molecular weight is 339 g/mol. The molecule has 136 valence electrons. The molecule has 0 saturated heterocycles. The summed E-state index contributed by atoms with van der Waals surface area (Å²) in [4.78, 5) is 0. The van der Waals surface area contributed by atoms with Crippen LogP contribution in [0.4, 0.5) is 0 Å². The molecule has 1 heteroatoms. The summed E-state index contributed by atoms with van der Waals surface area (Å²) < 4.78 is 6.27. The molecule has 0 amide bonds. The zero-order chi connectivity index (χ0) is 18.8. The minimum absolute atomic E-state index is 0.0753. The van der Waals surface area contributed by atoms with Crippen molar-refractivity contribution in [3.05, 3.63) is 70.8 Å². The van der Waals surface area contributed by atoms with E-state index in [-0.39, 0.29) is 23.0 Å². The van der Waals surface area contributed by atoms with Crippen LogP contribution in [0.5, 0.6) is 0 Å². The molecule has 0 aliphatic heterocycles. The van der Waals surface area contributed by atoms with E-state index < -0.39 is 0 Å². The highest BCUT2D eigenvalue weighted by atomic mass is 16.5. The predicted octanol–water partition coefficient (Wildman–Crippen LogP) is 7.12. The normalized spacial score (nSPS) is 15.0. The van der Waals surface area contributed by atoms with Gasteiger partial charge in [0.15, 0.2) is 0 Å². The van der Waals surface area contributed by atoms with Crippen LogP contribution < -0.4 is 0 Å². The van der Waals surface area contributed by atoms with Crippen LogP contribution in [0.3, 0.4) is 0 Å². The van der Waals surface area contributed by atoms with E-state index in [2.05, 4.69) is 104 Å². The van der Waals surface area contributed by atoms with Gasteiger partial charge < -0.3 is 4.74 Å². The molecule has 0 heterocycles. The van der Waals surface area contributed by atoms with Gasteiger partial charge in [0.2, 0.25) is 0 Å². The number of hydrogen-bond acceptors (Lipinski definition) is 1. The van der Waals surface area contributed by atoms with E-state index in [1.165, 1.54) is 22.3 Å². The second-order valence-corrected chi connectivity index (χ2v) is 9.16. The van der Waals surface area contributed by atoms with Crippen LogP contribution in [0.2, 0.25) is 0 Å². The van der Waals surface area contributed by atoms with Crippen LogP contribution in [-0.4, -0.2) is 0 Å². The first-order valence-corrected chi connectivity index (χ1v) is 9.35. The van der Waals surface area contributed by atoms with Gasteiger partial charge in [0.05, 0.1) is 12.2 Å². The Balaban J connectivity index is 2.05. The van der Waals surface area contributed by atoms with Crippen LogP contribution >= 0.6 is 0 Å². The number of benzene rings is 2. The molecular weight excluding hydrogens is 304 g/mol. The molecule has 0 spiro atoms. The van der Waals surface area contributed by atoms with E-state index in [0.29, 0.717) is 0 Å². The van der Waals surface area contributed by atoms with Crippen molar-refractivity contribution in [2.24, 2.45) is 0 Å². The second-order valence-electron chi connectivity index (χ2n) is 9.16. The fourth-order valence-electron chi connectivity index (χ4n) is 2.97. The summed E-state index contributed by atoms with van der Waals surface area (Å²) in [6.45, 7) is 17.7. The van der Waals surface area contributed by atoms with Crippen LogP contribution in [-0.2, 0) is 15.6 Å². The molecule has 0 radical (unpaired) electrons. The van der Waals surface area contributed by atoms with Gasteiger partial charge in [-0.15, -0.1) is 0 Å². The van der Waals surface area contributed by atoms with Gasteiger partial charge in [-0.1, -0.05) is 90.1 Å². The summed E-state index contributed by atoms with van der Waals surface area (Å²) in [6.07, 6.45) is 0.151. The van der Waals surface area contributed by atoms with E-state index in [1.54, 1.807) is 0 Å². The first-order valence-electron chi connectivity index (χ1n) is 9.35. The maximum absolute atomic E-state index is 6.27. The molecule has 0 fully saturated rings. The molecule has 0 aromatic heterocycles. The Morgan fingerprint density at radius 1 is 0.560 bits per heavy atom. The molecule has 2 atom stereocenters. The van der Waals surface area contributed by atoms with Crippen molar-refractivity contribution < 1.29 is 4.74 Å². The highest BCUT2D eigenvalue weighted by Gasteiger charge is 2.17. The van der Waals surface area contributed by atoms with Gasteiger partial charge >= 0.3 is 0 Å². The van der Waals surface area contributed by atoms with E-state index in [1.807, 2.05) is 0 Å². The lowest BCUT2D eigenvalue weighted by Gasteiger charge is -2.23. The topological polar surface area (TPSA) is 9.23 Å². The molecule has 2 rings (SSSR count). The van der Waals surface area contributed by atoms with Crippen LogP contribution in [0, 0.1) is 0 Å². The van der Waals surface area contributed by atoms with Gasteiger partial charge in [-0.25, -0.2) is 0 Å². The maximum atomic E-state index is 6.27. The standard InChI is InChI=1S/C24H34O/c1-17(19-9-13-21(14-10-19)23(3,4)5)25-18(2)20-11-15-22(16-12-20)24(6,7)8/h9-18H,1-8H3/t17-,18-/m0/s1. The maximum Gasteiger partial charge on any atom is 0.0805 e. The lowest BCUT2D eigenvalue weighted by Crippen LogP contribution is -2.12. The Bertz CT molecular complexity index is 605. The van der Waals surface area contributed by atoms with E-state index >= 15 is 0 Å². The van der Waals surface area contributed by atoms with Gasteiger partial charge in [0, 0.05) is 0 Å². The summed E-state index contributed by atoms with van der Waals surface area (Å²) in [7, 11) is 0. The number of hydrogen-bond donors (Lipinski definition) is 0. The van der Waals surface area contributed by atoms with E-state index in [9.17, 15) is 0 Å². The van der Waals surface area contributed by atoms with Crippen LogP contribution in [0.1, 0.15) is 89.9 Å². The minimum Gasteiger partial charge on any atom is -0.366 e. The lowest BCUT2D eigenvalue weighted by molar-refractivity contribution is 0.00583. The van der Waals surface area contributed by atoms with Crippen molar-refractivity contribution in [3.63, 3.8) is 0 Å². The fraction of sp³-hybridized carbons (Fsp3) is 0.500. The summed E-state index contributed by atoms with van der Waals surface area (Å²) in [5.74, 6) is 0. The molecule has 0 saturated carbocycles. The predicted molar refractivity (Wildman–Crippen MR) is 108 cm³/mol. The Labute approximate surface area is 154 Å². The van der Waals surface area contributed by atoms with Crippen molar-refractivity contribution in [1.82, 2.24) is 0 Å². The summed E-state index contributed by atoms with van der Waals surface area (Å²) >= 11 is 0. The monoisotopic (exact) mass is 338 g/mol. The zero-order valence-electron chi connectivity index (χ0n) is 17.2. The Kier molecular flexibility index (Phi) is 5.79. The van der Waals surface area contributed by atoms with Gasteiger partial charge in [-0.3, -0.25) is 0 Å². The Hall–Kier alpha value is -1.60. The molecule has 0 N–H and O–H groups in total. The van der Waals surface area contributed by atoms with Gasteiger partial charge in [-0.2, -0.15) is 0 Å². The molecule has 0 unspecified atom stereocenters. The zero-order valence-corrected chi connectivity index (χ0v) is 17.2. The summed E-state index contributed by atoms with van der Waals surface area (Å²) in [6, 6.07) is 17.7. The molecule has 2 aromatic rings. The Morgan fingerprint density at radius 2 is 0.840 bits per heavy atom. The van der Waals surface area contributed by atoms with Crippen molar-refractivity contribution in [2.45, 2.75) is 78.4 Å². The van der Waals surface area contributed by atoms with Crippen LogP contribution in [0.25, 0.3) is 0 Å². The number of rotatable bonds is 4. The van der Waals surface area contributed by atoms with Gasteiger partial charge in [0.25, 0.3) is 0 Å². The van der Waals surface area contributed by atoms with Gasteiger partial charge in [0.1, 0.15) is 0 Å². The molecular formula is C24H34O. The highest BCUT2D eigenvalue weighted by molar-refractivity contribution is 5.30. The van der Waals surface area contributed by atoms with E-state index in [4.69, 9.17) is 4.74 Å². The second kappa shape index (κ2) is 7.33. The summed E-state index contributed by atoms with van der Waals surface area (Å²) in [5.41, 5.74) is 5.54. The quantitative estimate of drug-likeness (QED) is 0.576. The van der Waals surface area contributed by atoms with E-state index in [0.717, 1.165) is 0 Å². The SMILES string of the molecule is C[C@H](O[C@@H](C)c1ccc(C(C)(C)C)cc1)c1ccc(C(C)(C)C)cc1. The summed E-state index contributed by atoms with van der Waals surface area (Å²) in [5, 5.41) is 0. The molecule has 0 aliphatic carbocycles. The first kappa shape index (κ1) is 19.7. The molecule has 0 aliphatic rings. The molecule has 1 nitrogen and oxygen atoms in total. The average Bonchev–Trinajstić information content (AvgIpc) is 2.53. The lowest BCUT2D eigenvalue weighted by atomic mass is 9.86. The molecule has 2 aromatic carbocycles. The minimum atomic E-state index is 0.0753. The van der Waals surface area contributed by atoms with Crippen molar-refractivity contribution >= 4 is 0 Å². The highest BCUT2D eigenvalue weighted by Crippen LogP contribution is 2.30. The van der Waals surface area contributed by atoms with Crippen LogP contribution in [0.15, 0.2) is 48.5 Å². The van der Waals surface area contributed by atoms with Gasteiger partial charge in [-0.05, 0) is 46.9 Å². The third-order valence-electron chi connectivity index (χ3n) is 4.90. The largest absolute Gasteiger partial charge is 0.366 e. The first-order chi connectivity index (χ1) is 11.5. The number of ether oxygens (including phenoxy) is 1. The molecule has 25 heavy (non-hydrogen) atoms. The third-order valence-corrected chi connectivity index (χ3v) is 4.90. The molecule has 0 bridgehead atoms. The van der Waals surface area contributed by atoms with Crippen molar-refractivity contribution in [3.8, 4) is 0 Å².